The summed E-state index contributed by atoms with van der Waals surface area (Å²) in [6.07, 6.45) is 2.04. The molecule has 6 atom stereocenters. The second-order valence-corrected chi connectivity index (χ2v) is 8.93. The minimum absolute atomic E-state index is 0.0374. The van der Waals surface area contributed by atoms with Gasteiger partial charge in [0.15, 0.2) is 0 Å². The maximum atomic E-state index is 12.1. The first kappa shape index (κ1) is 20.1. The SMILES string of the molecule is CCC1NNC(=O)C(Cl)C1N1CCC2C(C1)N(C)CN2[C@H](C)c1ccccc1. The normalized spacial score (nSPS) is 36.1. The number of rotatable bonds is 4. The Morgan fingerprint density at radius 3 is 2.71 bits per heavy atom. The summed E-state index contributed by atoms with van der Waals surface area (Å²) in [5.41, 5.74) is 7.27. The van der Waals surface area contributed by atoms with Crippen molar-refractivity contribution >= 4 is 17.5 Å². The Labute approximate surface area is 173 Å². The van der Waals surface area contributed by atoms with Crippen LogP contribution in [-0.4, -0.2) is 77.0 Å². The van der Waals surface area contributed by atoms with E-state index in [1.54, 1.807) is 0 Å². The fourth-order valence-corrected chi connectivity index (χ4v) is 5.68. The number of halogens is 1. The second kappa shape index (κ2) is 8.28. The first-order valence-corrected chi connectivity index (χ1v) is 10.9. The van der Waals surface area contributed by atoms with Gasteiger partial charge in [-0.1, -0.05) is 37.3 Å². The van der Waals surface area contributed by atoms with Crippen molar-refractivity contribution in [3.05, 3.63) is 35.9 Å². The van der Waals surface area contributed by atoms with Gasteiger partial charge in [0.05, 0.1) is 12.7 Å². The minimum Gasteiger partial charge on any atom is -0.295 e. The number of fused-ring (bicyclic) bond motifs is 1. The van der Waals surface area contributed by atoms with E-state index in [0.29, 0.717) is 18.1 Å². The third-order valence-corrected chi connectivity index (χ3v) is 7.40. The van der Waals surface area contributed by atoms with Crippen LogP contribution in [0.5, 0.6) is 0 Å². The van der Waals surface area contributed by atoms with Gasteiger partial charge in [-0.25, -0.2) is 5.43 Å². The van der Waals surface area contributed by atoms with Crippen molar-refractivity contribution in [1.82, 2.24) is 25.6 Å². The molecule has 3 heterocycles. The summed E-state index contributed by atoms with van der Waals surface area (Å²) < 4.78 is 0. The van der Waals surface area contributed by atoms with Crippen LogP contribution < -0.4 is 10.9 Å². The number of nitrogens with zero attached hydrogens (tertiary/aromatic N) is 3. The lowest BCUT2D eigenvalue weighted by molar-refractivity contribution is -0.126. The molecule has 0 spiro atoms. The first-order chi connectivity index (χ1) is 13.5. The molecule has 0 saturated carbocycles. The van der Waals surface area contributed by atoms with Crippen molar-refractivity contribution in [3.8, 4) is 0 Å². The molecule has 3 fully saturated rings. The Morgan fingerprint density at radius 1 is 1.25 bits per heavy atom. The standard InChI is InChI=1S/C21H32ClN5O/c1-4-16-20(19(22)21(28)24-23-16)26-11-10-17-18(12-26)25(3)13-27(17)14(2)15-8-6-5-7-9-15/h5-9,14,16-20,23H,4,10-13H2,1-3H3,(H,24,28)/t14-,16?,17?,18?,19?,20?/m1/s1. The Balaban J connectivity index is 1.49. The van der Waals surface area contributed by atoms with Crippen molar-refractivity contribution < 1.29 is 4.79 Å². The van der Waals surface area contributed by atoms with Gasteiger partial charge in [-0.15, -0.1) is 11.6 Å². The molecule has 5 unspecified atom stereocenters. The molecule has 1 aromatic rings. The molecule has 7 heteroatoms. The number of likely N-dealkylation sites (N-methyl/N-ethyl adjacent to an activating group) is 1. The van der Waals surface area contributed by atoms with Crippen LogP contribution in [0, 0.1) is 0 Å². The molecular formula is C21H32ClN5O. The van der Waals surface area contributed by atoms with E-state index in [-0.39, 0.29) is 18.0 Å². The monoisotopic (exact) mass is 405 g/mol. The second-order valence-electron chi connectivity index (χ2n) is 8.46. The van der Waals surface area contributed by atoms with Gasteiger partial charge in [0, 0.05) is 37.3 Å². The molecule has 154 valence electrons. The zero-order chi connectivity index (χ0) is 19.8. The van der Waals surface area contributed by atoms with Crippen molar-refractivity contribution in [2.75, 3.05) is 26.8 Å². The molecule has 3 aliphatic rings. The highest BCUT2D eigenvalue weighted by Gasteiger charge is 2.48. The van der Waals surface area contributed by atoms with Crippen LogP contribution in [0.1, 0.15) is 38.3 Å². The summed E-state index contributed by atoms with van der Waals surface area (Å²) in [6.45, 7) is 7.37. The average Bonchev–Trinajstić information content (AvgIpc) is 3.06. The topological polar surface area (TPSA) is 50.9 Å². The lowest BCUT2D eigenvalue weighted by Crippen LogP contribution is -2.69. The molecule has 0 bridgehead atoms. The van der Waals surface area contributed by atoms with Gasteiger partial charge in [-0.05, 0) is 32.4 Å². The van der Waals surface area contributed by atoms with E-state index >= 15 is 0 Å². The highest BCUT2D eigenvalue weighted by atomic mass is 35.5. The lowest BCUT2D eigenvalue weighted by Gasteiger charge is -2.47. The summed E-state index contributed by atoms with van der Waals surface area (Å²) in [7, 11) is 2.22. The Morgan fingerprint density at radius 2 is 2.00 bits per heavy atom. The number of carbonyl (C=O) groups excluding carboxylic acids is 1. The zero-order valence-corrected chi connectivity index (χ0v) is 17.8. The van der Waals surface area contributed by atoms with Crippen molar-refractivity contribution in [2.24, 2.45) is 0 Å². The third-order valence-electron chi connectivity index (χ3n) is 6.94. The zero-order valence-electron chi connectivity index (χ0n) is 17.0. The number of hydrogen-bond donors (Lipinski definition) is 2. The van der Waals surface area contributed by atoms with Gasteiger partial charge >= 0.3 is 0 Å². The van der Waals surface area contributed by atoms with Crippen LogP contribution in [0.4, 0.5) is 0 Å². The van der Waals surface area contributed by atoms with Crippen molar-refractivity contribution in [2.45, 2.75) is 62.3 Å². The minimum atomic E-state index is -0.506. The lowest BCUT2D eigenvalue weighted by atomic mass is 9.91. The smallest absolute Gasteiger partial charge is 0.253 e. The van der Waals surface area contributed by atoms with Gasteiger partial charge in [-0.2, -0.15) is 0 Å². The van der Waals surface area contributed by atoms with E-state index in [0.717, 1.165) is 32.6 Å². The third kappa shape index (κ3) is 3.57. The van der Waals surface area contributed by atoms with Crippen LogP contribution in [0.2, 0.25) is 0 Å². The van der Waals surface area contributed by atoms with Crippen LogP contribution in [0.3, 0.4) is 0 Å². The Kier molecular flexibility index (Phi) is 5.95. The number of hydrazine groups is 1. The van der Waals surface area contributed by atoms with E-state index < -0.39 is 5.38 Å². The Bertz CT molecular complexity index is 689. The molecule has 4 rings (SSSR count). The number of amides is 1. The van der Waals surface area contributed by atoms with Gasteiger partial charge in [0.2, 0.25) is 0 Å². The van der Waals surface area contributed by atoms with Gasteiger partial charge < -0.3 is 0 Å². The molecule has 6 nitrogen and oxygen atoms in total. The van der Waals surface area contributed by atoms with Crippen molar-refractivity contribution in [1.29, 1.82) is 0 Å². The molecule has 28 heavy (non-hydrogen) atoms. The number of nitrogens with one attached hydrogen (secondary N) is 2. The quantitative estimate of drug-likeness (QED) is 0.748. The Hall–Kier alpha value is -1.18. The molecule has 0 aliphatic carbocycles. The van der Waals surface area contributed by atoms with E-state index in [1.165, 1.54) is 5.56 Å². The summed E-state index contributed by atoms with van der Waals surface area (Å²) in [5, 5.41) is -0.506. The number of benzene rings is 1. The highest BCUT2D eigenvalue weighted by Crippen LogP contribution is 2.35. The summed E-state index contributed by atoms with van der Waals surface area (Å²) in [6, 6.07) is 12.4. The van der Waals surface area contributed by atoms with E-state index in [9.17, 15) is 4.79 Å². The average molecular weight is 406 g/mol. The van der Waals surface area contributed by atoms with E-state index in [2.05, 4.69) is 76.8 Å². The molecule has 3 aliphatic heterocycles. The number of hydrogen-bond acceptors (Lipinski definition) is 5. The van der Waals surface area contributed by atoms with Gasteiger partial charge in [0.25, 0.3) is 5.91 Å². The molecular weight excluding hydrogens is 374 g/mol. The number of alkyl halides is 1. The van der Waals surface area contributed by atoms with Crippen LogP contribution in [0.15, 0.2) is 30.3 Å². The number of carbonyl (C=O) groups is 1. The van der Waals surface area contributed by atoms with Gasteiger partial charge in [0.1, 0.15) is 5.38 Å². The fourth-order valence-electron chi connectivity index (χ4n) is 5.29. The number of likely N-dealkylation sites (tertiary alicyclic amines) is 1. The molecule has 3 saturated heterocycles. The van der Waals surface area contributed by atoms with Crippen molar-refractivity contribution in [3.63, 3.8) is 0 Å². The molecule has 0 aromatic heterocycles. The largest absolute Gasteiger partial charge is 0.295 e. The van der Waals surface area contributed by atoms with Crippen LogP contribution in [-0.2, 0) is 4.79 Å². The summed E-state index contributed by atoms with van der Waals surface area (Å²) in [4.78, 5) is 19.7. The fraction of sp³-hybridized carbons (Fsp3) is 0.667. The summed E-state index contributed by atoms with van der Waals surface area (Å²) in [5.74, 6) is -0.113. The maximum absolute atomic E-state index is 12.1. The highest BCUT2D eigenvalue weighted by molar-refractivity contribution is 6.31. The molecule has 1 amide bonds. The molecule has 2 N–H and O–H groups in total. The molecule has 1 aromatic carbocycles. The van der Waals surface area contributed by atoms with E-state index in [1.807, 2.05) is 0 Å². The maximum Gasteiger partial charge on any atom is 0.253 e. The summed E-state index contributed by atoms with van der Waals surface area (Å²) >= 11 is 6.56. The van der Waals surface area contributed by atoms with Gasteiger partial charge in [-0.3, -0.25) is 24.9 Å². The predicted molar refractivity (Wildman–Crippen MR) is 112 cm³/mol. The van der Waals surface area contributed by atoms with Crippen LogP contribution in [0.25, 0.3) is 0 Å². The van der Waals surface area contributed by atoms with Crippen LogP contribution >= 0.6 is 11.6 Å². The number of piperidine rings is 1. The molecule has 0 radical (unpaired) electrons. The predicted octanol–water partition coefficient (Wildman–Crippen LogP) is 1.78. The van der Waals surface area contributed by atoms with E-state index in [4.69, 9.17) is 11.6 Å². The first-order valence-electron chi connectivity index (χ1n) is 10.5.